The van der Waals surface area contributed by atoms with Crippen molar-refractivity contribution in [1.29, 1.82) is 0 Å². The minimum Gasteiger partial charge on any atom is -0.344 e. The van der Waals surface area contributed by atoms with E-state index in [1.165, 1.54) is 188 Å². The molecule has 0 aliphatic carbocycles. The highest BCUT2D eigenvalue weighted by Crippen LogP contribution is 2.47. The van der Waals surface area contributed by atoms with Gasteiger partial charge in [-0.2, -0.15) is 4.58 Å². The Kier molecular flexibility index (Phi) is 20.1. The van der Waals surface area contributed by atoms with Crippen molar-refractivity contribution in [2.75, 3.05) is 18.0 Å². The molecule has 304 valence electrons. The number of allylic oxidation sites excluding steroid dienone is 6. The molecule has 55 heavy (non-hydrogen) atoms. The topological polar surface area (TPSA) is 6.25 Å². The van der Waals surface area contributed by atoms with Gasteiger partial charge in [0.05, 0.1) is 5.41 Å². The first-order valence-electron chi connectivity index (χ1n) is 23.5. The lowest BCUT2D eigenvalue weighted by molar-refractivity contribution is -0.438. The van der Waals surface area contributed by atoms with Gasteiger partial charge in [-0.1, -0.05) is 217 Å². The molecule has 2 aromatic rings. The van der Waals surface area contributed by atoms with Crippen molar-refractivity contribution >= 4 is 17.1 Å². The molecule has 0 saturated heterocycles. The molecule has 0 aromatic heterocycles. The summed E-state index contributed by atoms with van der Waals surface area (Å²) in [5.74, 6) is 0. The Hall–Kier alpha value is -2.87. The van der Waals surface area contributed by atoms with Gasteiger partial charge in [0.2, 0.25) is 5.69 Å². The molecular formula is C53H83N2+. The summed E-state index contributed by atoms with van der Waals surface area (Å²) in [6.07, 6.45) is 45.0. The summed E-state index contributed by atoms with van der Waals surface area (Å²) in [7, 11) is 0. The molecule has 0 N–H and O–H groups in total. The molecule has 0 amide bonds. The van der Waals surface area contributed by atoms with Gasteiger partial charge in [-0.05, 0) is 44.4 Å². The van der Waals surface area contributed by atoms with E-state index >= 15 is 0 Å². The van der Waals surface area contributed by atoms with Crippen LogP contribution >= 0.6 is 0 Å². The van der Waals surface area contributed by atoms with Crippen molar-refractivity contribution < 1.29 is 4.58 Å². The maximum Gasteiger partial charge on any atom is 0.209 e. The predicted molar refractivity (Wildman–Crippen MR) is 245 cm³/mol. The minimum absolute atomic E-state index is 0.00331. The molecule has 0 unspecified atom stereocenters. The van der Waals surface area contributed by atoms with Gasteiger partial charge >= 0.3 is 0 Å². The largest absolute Gasteiger partial charge is 0.344 e. The number of anilines is 1. The molecular weight excluding hydrogens is 665 g/mol. The summed E-state index contributed by atoms with van der Waals surface area (Å²) in [5, 5.41) is 0. The smallest absolute Gasteiger partial charge is 0.209 e. The number of para-hydroxylation sites is 2. The lowest BCUT2D eigenvalue weighted by Crippen LogP contribution is -2.27. The molecule has 0 saturated carbocycles. The second-order valence-corrected chi connectivity index (χ2v) is 18.0. The number of benzene rings is 2. The third-order valence-corrected chi connectivity index (χ3v) is 12.8. The van der Waals surface area contributed by atoms with Crippen LogP contribution in [0.25, 0.3) is 0 Å². The normalized spacial score (nSPS) is 16.7. The summed E-state index contributed by atoms with van der Waals surface area (Å²) in [6, 6.07) is 18.2. The fourth-order valence-corrected chi connectivity index (χ4v) is 9.34. The van der Waals surface area contributed by atoms with Crippen LogP contribution in [0.4, 0.5) is 11.4 Å². The Labute approximate surface area is 340 Å². The highest BCUT2D eigenvalue weighted by Gasteiger charge is 2.44. The highest BCUT2D eigenvalue weighted by atomic mass is 15.2. The van der Waals surface area contributed by atoms with Gasteiger partial charge in [0.25, 0.3) is 0 Å². The van der Waals surface area contributed by atoms with Crippen LogP contribution < -0.4 is 4.90 Å². The zero-order valence-corrected chi connectivity index (χ0v) is 36.8. The van der Waals surface area contributed by atoms with Crippen molar-refractivity contribution in [3.63, 3.8) is 0 Å². The number of fused-ring (bicyclic) bond motifs is 2. The lowest BCUT2D eigenvalue weighted by Gasteiger charge is -2.27. The van der Waals surface area contributed by atoms with E-state index in [9.17, 15) is 0 Å². The van der Waals surface area contributed by atoms with Gasteiger partial charge in [0.1, 0.15) is 6.54 Å². The number of unbranched alkanes of at least 4 members (excludes halogenated alkanes) is 22. The second-order valence-electron chi connectivity index (χ2n) is 18.0. The number of hydrogen-bond donors (Lipinski definition) is 0. The monoisotopic (exact) mass is 748 g/mol. The summed E-state index contributed by atoms with van der Waals surface area (Å²) in [5.41, 5.74) is 8.57. The summed E-state index contributed by atoms with van der Waals surface area (Å²) in [4.78, 5) is 2.63. The molecule has 2 heterocycles. The molecule has 0 fully saturated rings. The molecule has 0 radical (unpaired) electrons. The fourth-order valence-electron chi connectivity index (χ4n) is 9.34. The third kappa shape index (κ3) is 13.6. The lowest BCUT2D eigenvalue weighted by atomic mass is 9.81. The quantitative estimate of drug-likeness (QED) is 0.0456. The van der Waals surface area contributed by atoms with E-state index in [0.717, 1.165) is 13.1 Å². The van der Waals surface area contributed by atoms with Gasteiger partial charge in [0.15, 0.2) is 5.71 Å². The molecule has 4 rings (SSSR count). The third-order valence-electron chi connectivity index (χ3n) is 12.8. The first-order valence-corrected chi connectivity index (χ1v) is 23.5. The van der Waals surface area contributed by atoms with Crippen molar-refractivity contribution in [1.82, 2.24) is 0 Å². The average molecular weight is 748 g/mol. The molecule has 0 spiro atoms. The van der Waals surface area contributed by atoms with Crippen LogP contribution in [0.3, 0.4) is 0 Å². The molecule has 2 aromatic carbocycles. The van der Waals surface area contributed by atoms with E-state index < -0.39 is 0 Å². The number of nitrogens with zero attached hydrogens (tertiary/aromatic N) is 2. The standard InChI is InChI=1S/C53H83N2/c1-7-9-11-13-15-17-19-21-23-25-27-36-44-54-48-40-34-32-38-46(48)52(3,4)50(54)42-30-29-31-43-51-53(5,6)47-39-33-35-41-49(47)55(51)45-37-28-26-24-22-20-18-16-14-12-10-8-2/h29-35,38-43H,7-28,36-37,44-45H2,1-6H3/q+1. The van der Waals surface area contributed by atoms with E-state index in [-0.39, 0.29) is 10.8 Å². The Morgan fingerprint density at radius 2 is 0.964 bits per heavy atom. The van der Waals surface area contributed by atoms with Crippen molar-refractivity contribution in [3.8, 4) is 0 Å². The first-order chi connectivity index (χ1) is 26.8. The molecule has 2 nitrogen and oxygen atoms in total. The highest BCUT2D eigenvalue weighted by molar-refractivity contribution is 6.03. The van der Waals surface area contributed by atoms with E-state index in [1.807, 2.05) is 0 Å². The SMILES string of the molecule is CCCCCCCCCCCCCCN1\C(=C/C=C/C=C/C2=[N+](CCCCCCCCCCCCCC)c3ccccc3C2(C)C)C(C)(C)c2ccccc21. The molecule has 2 aliphatic rings. The van der Waals surface area contributed by atoms with Gasteiger partial charge in [-0.25, -0.2) is 0 Å². The van der Waals surface area contributed by atoms with E-state index in [2.05, 4.69) is 130 Å². The zero-order valence-electron chi connectivity index (χ0n) is 36.8. The van der Waals surface area contributed by atoms with Crippen LogP contribution in [0.2, 0.25) is 0 Å². The van der Waals surface area contributed by atoms with E-state index in [1.54, 1.807) is 0 Å². The number of hydrogen-bond acceptors (Lipinski definition) is 1. The van der Waals surface area contributed by atoms with Crippen LogP contribution in [0.15, 0.2) is 84.6 Å². The first kappa shape index (κ1) is 44.8. The van der Waals surface area contributed by atoms with Gasteiger partial charge in [0, 0.05) is 47.5 Å². The average Bonchev–Trinajstić information content (AvgIpc) is 3.53. The Morgan fingerprint density at radius 1 is 0.491 bits per heavy atom. The fraction of sp³-hybridized carbons (Fsp3) is 0.642. The predicted octanol–water partition coefficient (Wildman–Crippen LogP) is 16.3. The number of rotatable bonds is 29. The van der Waals surface area contributed by atoms with E-state index in [0.29, 0.717) is 0 Å². The maximum atomic E-state index is 2.63. The molecule has 0 bridgehead atoms. The summed E-state index contributed by atoms with van der Waals surface area (Å²) in [6.45, 7) is 16.4. The van der Waals surface area contributed by atoms with E-state index in [4.69, 9.17) is 0 Å². The molecule has 0 atom stereocenters. The Bertz CT molecular complexity index is 1500. The maximum absolute atomic E-state index is 2.63. The molecule has 2 heteroatoms. The van der Waals surface area contributed by atoms with Crippen LogP contribution in [-0.4, -0.2) is 23.4 Å². The second kappa shape index (κ2) is 24.7. The summed E-state index contributed by atoms with van der Waals surface area (Å²) < 4.78 is 2.63. The van der Waals surface area contributed by atoms with Gasteiger partial charge in [-0.3, -0.25) is 0 Å². The van der Waals surface area contributed by atoms with Crippen LogP contribution in [0, 0.1) is 0 Å². The Balaban J connectivity index is 1.31. The van der Waals surface area contributed by atoms with Gasteiger partial charge in [-0.15, -0.1) is 0 Å². The van der Waals surface area contributed by atoms with Gasteiger partial charge < -0.3 is 4.90 Å². The van der Waals surface area contributed by atoms with Crippen LogP contribution in [0.5, 0.6) is 0 Å². The molecule has 2 aliphatic heterocycles. The minimum atomic E-state index is -0.00331. The Morgan fingerprint density at radius 3 is 1.53 bits per heavy atom. The van der Waals surface area contributed by atoms with Crippen molar-refractivity contribution in [2.45, 2.75) is 206 Å². The van der Waals surface area contributed by atoms with Crippen LogP contribution in [0.1, 0.15) is 207 Å². The van der Waals surface area contributed by atoms with Crippen molar-refractivity contribution in [2.24, 2.45) is 0 Å². The van der Waals surface area contributed by atoms with Crippen LogP contribution in [-0.2, 0) is 10.8 Å². The zero-order chi connectivity index (χ0) is 39.2. The summed E-state index contributed by atoms with van der Waals surface area (Å²) >= 11 is 0. The van der Waals surface area contributed by atoms with Crippen molar-refractivity contribution in [3.05, 3.63) is 95.7 Å².